The minimum atomic E-state index is -3.30. The van der Waals surface area contributed by atoms with Crippen molar-refractivity contribution in [2.75, 3.05) is 24.1 Å². The summed E-state index contributed by atoms with van der Waals surface area (Å²) in [5, 5.41) is 2.98. The van der Waals surface area contributed by atoms with Crippen LogP contribution in [0.4, 0.5) is 5.82 Å². The van der Waals surface area contributed by atoms with Crippen molar-refractivity contribution in [2.24, 2.45) is 0 Å². The Hall–Kier alpha value is -0.660. The van der Waals surface area contributed by atoms with Crippen LogP contribution in [0.5, 0.6) is 0 Å². The van der Waals surface area contributed by atoms with Gasteiger partial charge in [-0.2, -0.15) is 0 Å². The molecule has 0 aliphatic rings. The number of anilines is 1. The lowest BCUT2D eigenvalue weighted by atomic mass is 10.3. The molecule has 1 heterocycles. The van der Waals surface area contributed by atoms with Crippen LogP contribution < -0.4 is 10.0 Å². The zero-order chi connectivity index (χ0) is 13.6. The van der Waals surface area contributed by atoms with E-state index < -0.39 is 10.0 Å². The molecule has 0 spiro atoms. The van der Waals surface area contributed by atoms with Gasteiger partial charge in [-0.25, -0.2) is 13.4 Å². The third-order valence-corrected chi connectivity index (χ3v) is 4.57. The van der Waals surface area contributed by atoms with E-state index in [0.717, 1.165) is 23.0 Å². The highest BCUT2D eigenvalue weighted by Gasteiger charge is 2.11. The van der Waals surface area contributed by atoms with Crippen molar-refractivity contribution in [3.8, 4) is 0 Å². The molecule has 0 saturated heterocycles. The van der Waals surface area contributed by atoms with E-state index in [1.165, 1.54) is 0 Å². The molecule has 0 aromatic carbocycles. The van der Waals surface area contributed by atoms with Gasteiger partial charge in [-0.1, -0.05) is 0 Å². The zero-order valence-corrected chi connectivity index (χ0v) is 12.9. The maximum absolute atomic E-state index is 11.8. The molecular formula is C11H18BrN3O2S. The first-order valence-electron chi connectivity index (χ1n) is 5.72. The van der Waals surface area contributed by atoms with Crippen LogP contribution in [0.15, 0.2) is 16.7 Å². The van der Waals surface area contributed by atoms with Crippen molar-refractivity contribution in [2.45, 2.75) is 19.8 Å². The largest absolute Gasteiger partial charge is 0.320 e. The second kappa shape index (κ2) is 7.06. The number of hydrogen-bond acceptors (Lipinski definition) is 4. The summed E-state index contributed by atoms with van der Waals surface area (Å²) in [6.07, 6.45) is 3.06. The molecule has 1 aromatic rings. The summed E-state index contributed by atoms with van der Waals surface area (Å²) >= 11 is 3.32. The molecule has 0 aliphatic heterocycles. The van der Waals surface area contributed by atoms with Crippen molar-refractivity contribution >= 4 is 31.8 Å². The van der Waals surface area contributed by atoms with Crippen LogP contribution >= 0.6 is 15.9 Å². The standard InChI is InChI=1S/C11H18BrN3O2S/c1-9-7-11(14-8-10(9)12)15-18(16,17)6-4-3-5-13-2/h7-8,13H,3-6H2,1-2H3,(H,14,15). The molecule has 2 N–H and O–H groups in total. The number of aromatic nitrogens is 1. The average Bonchev–Trinajstić information content (AvgIpc) is 2.29. The van der Waals surface area contributed by atoms with Gasteiger partial charge in [-0.3, -0.25) is 4.72 Å². The van der Waals surface area contributed by atoms with E-state index in [1.54, 1.807) is 12.3 Å². The number of rotatable bonds is 7. The van der Waals surface area contributed by atoms with E-state index in [2.05, 4.69) is 31.0 Å². The average molecular weight is 336 g/mol. The van der Waals surface area contributed by atoms with Crippen molar-refractivity contribution in [1.29, 1.82) is 0 Å². The third-order valence-electron chi connectivity index (χ3n) is 2.40. The van der Waals surface area contributed by atoms with E-state index in [4.69, 9.17) is 0 Å². The van der Waals surface area contributed by atoms with Crippen molar-refractivity contribution in [1.82, 2.24) is 10.3 Å². The molecule has 0 saturated carbocycles. The Balaban J connectivity index is 2.56. The lowest BCUT2D eigenvalue weighted by molar-refractivity contribution is 0.595. The molecule has 1 rings (SSSR count). The third kappa shape index (κ3) is 5.32. The first kappa shape index (κ1) is 15.4. The van der Waals surface area contributed by atoms with Crippen LogP contribution in [0.25, 0.3) is 0 Å². The van der Waals surface area contributed by atoms with Crippen LogP contribution in [-0.2, 0) is 10.0 Å². The maximum atomic E-state index is 11.8. The topological polar surface area (TPSA) is 71.1 Å². The van der Waals surface area contributed by atoms with E-state index >= 15 is 0 Å². The minimum Gasteiger partial charge on any atom is -0.320 e. The van der Waals surface area contributed by atoms with Crippen molar-refractivity contribution in [3.63, 3.8) is 0 Å². The summed E-state index contributed by atoms with van der Waals surface area (Å²) in [5.41, 5.74) is 0.942. The molecule has 0 amide bonds. The summed E-state index contributed by atoms with van der Waals surface area (Å²) in [7, 11) is -1.45. The summed E-state index contributed by atoms with van der Waals surface area (Å²) < 4.78 is 26.9. The fourth-order valence-electron chi connectivity index (χ4n) is 1.40. The van der Waals surface area contributed by atoms with E-state index in [1.807, 2.05) is 14.0 Å². The number of hydrogen-bond donors (Lipinski definition) is 2. The molecule has 0 bridgehead atoms. The Labute approximate surface area is 117 Å². The van der Waals surface area contributed by atoms with Crippen LogP contribution in [-0.4, -0.2) is 32.7 Å². The van der Waals surface area contributed by atoms with Crippen LogP contribution in [0, 0.1) is 6.92 Å². The van der Waals surface area contributed by atoms with Gasteiger partial charge < -0.3 is 5.32 Å². The number of nitrogens with zero attached hydrogens (tertiary/aromatic N) is 1. The van der Waals surface area contributed by atoms with E-state index in [0.29, 0.717) is 12.2 Å². The second-order valence-electron chi connectivity index (χ2n) is 4.05. The van der Waals surface area contributed by atoms with Crippen molar-refractivity contribution < 1.29 is 8.42 Å². The normalized spacial score (nSPS) is 11.5. The van der Waals surface area contributed by atoms with Gasteiger partial charge in [0.05, 0.1) is 5.75 Å². The van der Waals surface area contributed by atoms with E-state index in [-0.39, 0.29) is 5.75 Å². The molecule has 102 valence electrons. The van der Waals surface area contributed by atoms with Crippen LogP contribution in [0.2, 0.25) is 0 Å². The molecule has 0 fully saturated rings. The van der Waals surface area contributed by atoms with Gasteiger partial charge in [-0.05, 0) is 60.9 Å². The minimum absolute atomic E-state index is 0.117. The Morgan fingerprint density at radius 1 is 1.39 bits per heavy atom. The summed E-state index contributed by atoms with van der Waals surface area (Å²) in [5.74, 6) is 0.482. The van der Waals surface area contributed by atoms with Gasteiger partial charge in [0.15, 0.2) is 0 Å². The molecule has 0 radical (unpaired) electrons. The number of sulfonamides is 1. The molecule has 5 nitrogen and oxygen atoms in total. The summed E-state index contributed by atoms with van der Waals surface area (Å²) in [6, 6.07) is 1.70. The molecule has 0 aliphatic carbocycles. The number of halogens is 1. The van der Waals surface area contributed by atoms with E-state index in [9.17, 15) is 8.42 Å². The molecule has 0 atom stereocenters. The first-order chi connectivity index (χ1) is 8.44. The summed E-state index contributed by atoms with van der Waals surface area (Å²) in [4.78, 5) is 4.02. The number of pyridine rings is 1. The monoisotopic (exact) mass is 335 g/mol. The molecule has 18 heavy (non-hydrogen) atoms. The fraction of sp³-hybridized carbons (Fsp3) is 0.545. The quantitative estimate of drug-likeness (QED) is 0.746. The summed E-state index contributed by atoms with van der Waals surface area (Å²) in [6.45, 7) is 2.71. The Kier molecular flexibility index (Phi) is 6.04. The predicted octanol–water partition coefficient (Wildman–Crippen LogP) is 1.89. The Bertz CT molecular complexity index is 491. The zero-order valence-electron chi connectivity index (χ0n) is 10.5. The van der Waals surface area contributed by atoms with Gasteiger partial charge in [0.1, 0.15) is 5.82 Å². The molecule has 7 heteroatoms. The highest BCUT2D eigenvalue weighted by atomic mass is 79.9. The maximum Gasteiger partial charge on any atom is 0.233 e. The van der Waals surface area contributed by atoms with Crippen LogP contribution in [0.3, 0.4) is 0 Å². The number of unbranched alkanes of at least 4 members (excludes halogenated alkanes) is 1. The molecular weight excluding hydrogens is 318 g/mol. The van der Waals surface area contributed by atoms with Gasteiger partial charge in [0, 0.05) is 10.7 Å². The van der Waals surface area contributed by atoms with Gasteiger partial charge in [0.25, 0.3) is 0 Å². The highest BCUT2D eigenvalue weighted by Crippen LogP contribution is 2.18. The Morgan fingerprint density at radius 3 is 2.72 bits per heavy atom. The first-order valence-corrected chi connectivity index (χ1v) is 8.16. The number of nitrogens with one attached hydrogen (secondary N) is 2. The predicted molar refractivity (Wildman–Crippen MR) is 77.2 cm³/mol. The fourth-order valence-corrected chi connectivity index (χ4v) is 2.73. The highest BCUT2D eigenvalue weighted by molar-refractivity contribution is 9.10. The molecule has 0 unspecified atom stereocenters. The van der Waals surface area contributed by atoms with Crippen LogP contribution in [0.1, 0.15) is 18.4 Å². The second-order valence-corrected chi connectivity index (χ2v) is 6.75. The smallest absolute Gasteiger partial charge is 0.233 e. The van der Waals surface area contributed by atoms with Crippen molar-refractivity contribution in [3.05, 3.63) is 22.3 Å². The lowest BCUT2D eigenvalue weighted by Gasteiger charge is -2.08. The van der Waals surface area contributed by atoms with Gasteiger partial charge >= 0.3 is 0 Å². The lowest BCUT2D eigenvalue weighted by Crippen LogP contribution is -2.18. The number of aryl methyl sites for hydroxylation is 1. The SMILES string of the molecule is CNCCCCS(=O)(=O)Nc1cc(C)c(Br)cn1. The molecule has 1 aromatic heterocycles. The Morgan fingerprint density at radius 2 is 2.11 bits per heavy atom. The van der Waals surface area contributed by atoms with Gasteiger partial charge in [0.2, 0.25) is 10.0 Å². The van der Waals surface area contributed by atoms with Gasteiger partial charge in [-0.15, -0.1) is 0 Å².